The molecule has 0 fully saturated rings. The first-order valence-corrected chi connectivity index (χ1v) is 6.41. The third-order valence-corrected chi connectivity index (χ3v) is 2.89. The second-order valence-electron chi connectivity index (χ2n) is 4.55. The van der Waals surface area contributed by atoms with E-state index in [1.54, 1.807) is 0 Å². The number of unbranched alkanes of at least 4 members (excludes halogenated alkanes) is 1. The van der Waals surface area contributed by atoms with Crippen molar-refractivity contribution in [2.75, 3.05) is 7.05 Å². The smallest absolute Gasteiger partial charge is 0.00311 e. The van der Waals surface area contributed by atoms with Gasteiger partial charge < -0.3 is 5.32 Å². The van der Waals surface area contributed by atoms with Crippen molar-refractivity contribution in [1.82, 2.24) is 5.32 Å². The summed E-state index contributed by atoms with van der Waals surface area (Å²) >= 11 is 0. The van der Waals surface area contributed by atoms with Gasteiger partial charge in [-0.15, -0.1) is 0 Å². The quantitative estimate of drug-likeness (QED) is 0.686. The summed E-state index contributed by atoms with van der Waals surface area (Å²) in [7, 11) is 1.92. The third-order valence-electron chi connectivity index (χ3n) is 2.89. The molecular weight excluding hydrogens is 218 g/mol. The van der Waals surface area contributed by atoms with E-state index >= 15 is 0 Å². The molecule has 0 saturated heterocycles. The Morgan fingerprint density at radius 3 is 2.78 bits per heavy atom. The largest absolute Gasteiger partial charge is 0.392 e. The van der Waals surface area contributed by atoms with Gasteiger partial charge >= 0.3 is 0 Å². The Bertz CT molecular complexity index is 441. The van der Waals surface area contributed by atoms with E-state index in [9.17, 15) is 0 Å². The molecule has 0 bridgehead atoms. The highest BCUT2D eigenvalue weighted by Crippen LogP contribution is 2.14. The molecule has 1 aromatic rings. The lowest BCUT2D eigenvalue weighted by molar-refractivity contribution is 0.779. The van der Waals surface area contributed by atoms with E-state index < -0.39 is 0 Å². The number of hydrogen-bond donors (Lipinski definition) is 1. The molecule has 0 aromatic heterocycles. The van der Waals surface area contributed by atoms with Crippen LogP contribution in [0.15, 0.2) is 49.2 Å². The van der Waals surface area contributed by atoms with Crippen molar-refractivity contribution in [3.63, 3.8) is 0 Å². The average Bonchev–Trinajstić information content (AvgIpc) is 2.38. The highest BCUT2D eigenvalue weighted by molar-refractivity contribution is 5.64. The highest BCUT2D eigenvalue weighted by Gasteiger charge is 1.93. The van der Waals surface area contributed by atoms with Gasteiger partial charge in [0.15, 0.2) is 0 Å². The van der Waals surface area contributed by atoms with Crippen LogP contribution in [-0.2, 0) is 0 Å². The number of allylic oxidation sites excluding steroid dienone is 3. The molecule has 0 atom stereocenters. The van der Waals surface area contributed by atoms with Crippen LogP contribution in [0.3, 0.4) is 0 Å². The summed E-state index contributed by atoms with van der Waals surface area (Å²) in [4.78, 5) is 0. The Kier molecular flexibility index (Phi) is 5.99. The van der Waals surface area contributed by atoms with Crippen molar-refractivity contribution in [2.24, 2.45) is 0 Å². The predicted octanol–water partition coefficient (Wildman–Crippen LogP) is 4.64. The van der Waals surface area contributed by atoms with Crippen LogP contribution in [0.1, 0.15) is 37.3 Å². The van der Waals surface area contributed by atoms with Crippen LogP contribution in [0, 0.1) is 0 Å². The maximum Gasteiger partial charge on any atom is 0.00311 e. The zero-order valence-electron chi connectivity index (χ0n) is 11.5. The van der Waals surface area contributed by atoms with Crippen molar-refractivity contribution >= 4 is 11.6 Å². The molecule has 1 rings (SSSR count). The molecule has 0 aliphatic rings. The zero-order chi connectivity index (χ0) is 13.4. The summed E-state index contributed by atoms with van der Waals surface area (Å²) in [5.74, 6) is 0. The zero-order valence-corrected chi connectivity index (χ0v) is 11.5. The maximum atomic E-state index is 3.96. The third kappa shape index (κ3) is 5.05. The van der Waals surface area contributed by atoms with E-state index in [-0.39, 0.29) is 0 Å². The van der Waals surface area contributed by atoms with Crippen LogP contribution in [0.4, 0.5) is 0 Å². The SMILES string of the molecule is C=C(CCC/C=C\c1cccc(C(=C)C)c1)NC. The first kappa shape index (κ1) is 14.3. The molecule has 0 saturated carbocycles. The minimum atomic E-state index is 1.03. The van der Waals surface area contributed by atoms with E-state index in [1.807, 2.05) is 14.0 Å². The molecule has 18 heavy (non-hydrogen) atoms. The Morgan fingerprint density at radius 1 is 1.33 bits per heavy atom. The molecule has 1 N–H and O–H groups in total. The average molecular weight is 241 g/mol. The van der Waals surface area contributed by atoms with E-state index in [2.05, 4.69) is 54.9 Å². The molecule has 1 heteroatoms. The van der Waals surface area contributed by atoms with Crippen molar-refractivity contribution in [1.29, 1.82) is 0 Å². The van der Waals surface area contributed by atoms with Crippen LogP contribution in [-0.4, -0.2) is 7.05 Å². The lowest BCUT2D eigenvalue weighted by Crippen LogP contribution is -2.03. The van der Waals surface area contributed by atoms with Crippen LogP contribution < -0.4 is 5.32 Å². The van der Waals surface area contributed by atoms with Crippen molar-refractivity contribution in [3.05, 3.63) is 60.3 Å². The molecule has 0 unspecified atom stereocenters. The first-order chi connectivity index (χ1) is 8.63. The van der Waals surface area contributed by atoms with Crippen molar-refractivity contribution in [2.45, 2.75) is 26.2 Å². The van der Waals surface area contributed by atoms with Gasteiger partial charge in [-0.2, -0.15) is 0 Å². The molecule has 0 spiro atoms. The molecule has 0 aliphatic heterocycles. The molecule has 0 radical (unpaired) electrons. The lowest BCUT2D eigenvalue weighted by atomic mass is 10.1. The molecular formula is C17H23N. The summed E-state index contributed by atoms with van der Waals surface area (Å²) in [5, 5.41) is 3.07. The van der Waals surface area contributed by atoms with Gasteiger partial charge in [0.05, 0.1) is 0 Å². The predicted molar refractivity (Wildman–Crippen MR) is 82.2 cm³/mol. The second-order valence-corrected chi connectivity index (χ2v) is 4.55. The second kappa shape index (κ2) is 7.54. The monoisotopic (exact) mass is 241 g/mol. The number of rotatable bonds is 7. The fraction of sp³-hybridized carbons (Fsp3) is 0.294. The van der Waals surface area contributed by atoms with Gasteiger partial charge in [-0.3, -0.25) is 0 Å². The lowest BCUT2D eigenvalue weighted by Gasteiger charge is -2.02. The van der Waals surface area contributed by atoms with Gasteiger partial charge in [0, 0.05) is 12.7 Å². The van der Waals surface area contributed by atoms with E-state index in [1.165, 1.54) is 11.1 Å². The van der Waals surface area contributed by atoms with Crippen LogP contribution in [0.25, 0.3) is 11.6 Å². The number of hydrogen-bond acceptors (Lipinski definition) is 1. The fourth-order valence-electron chi connectivity index (χ4n) is 1.69. The van der Waals surface area contributed by atoms with Gasteiger partial charge in [0.1, 0.15) is 0 Å². The number of nitrogens with one attached hydrogen (secondary N) is 1. The van der Waals surface area contributed by atoms with Crippen LogP contribution in [0.5, 0.6) is 0 Å². The normalized spacial score (nSPS) is 10.6. The van der Waals surface area contributed by atoms with Gasteiger partial charge in [-0.1, -0.05) is 49.1 Å². The Morgan fingerprint density at radius 2 is 2.11 bits per heavy atom. The maximum absolute atomic E-state index is 3.96. The van der Waals surface area contributed by atoms with Crippen molar-refractivity contribution < 1.29 is 0 Å². The van der Waals surface area contributed by atoms with E-state index in [0.717, 1.165) is 30.5 Å². The van der Waals surface area contributed by atoms with Gasteiger partial charge in [-0.25, -0.2) is 0 Å². The molecule has 0 aliphatic carbocycles. The molecule has 1 aromatic carbocycles. The van der Waals surface area contributed by atoms with E-state index in [0.29, 0.717) is 0 Å². The summed E-state index contributed by atoms with van der Waals surface area (Å²) in [6.07, 6.45) is 7.65. The summed E-state index contributed by atoms with van der Waals surface area (Å²) in [5.41, 5.74) is 4.66. The minimum absolute atomic E-state index is 1.03. The van der Waals surface area contributed by atoms with Gasteiger partial charge in [0.2, 0.25) is 0 Å². The van der Waals surface area contributed by atoms with Gasteiger partial charge in [0.25, 0.3) is 0 Å². The van der Waals surface area contributed by atoms with Gasteiger partial charge in [-0.05, 0) is 43.4 Å². The molecule has 96 valence electrons. The molecule has 0 amide bonds. The van der Waals surface area contributed by atoms with Crippen LogP contribution in [0.2, 0.25) is 0 Å². The molecule has 1 nitrogen and oxygen atoms in total. The number of benzene rings is 1. The Hall–Kier alpha value is -1.76. The molecule has 0 heterocycles. The minimum Gasteiger partial charge on any atom is -0.392 e. The highest BCUT2D eigenvalue weighted by atomic mass is 14.8. The topological polar surface area (TPSA) is 12.0 Å². The Labute approximate surface area is 111 Å². The summed E-state index contributed by atoms with van der Waals surface area (Å²) in [6.45, 7) is 9.91. The standard InChI is InChI=1S/C17H23N/c1-14(2)17-12-8-11-16(13-17)10-7-5-6-9-15(3)18-4/h7-8,10-13,18H,1,3,5-6,9H2,2,4H3/b10-7-. The Balaban J connectivity index is 2.44. The summed E-state index contributed by atoms with van der Waals surface area (Å²) < 4.78 is 0. The summed E-state index contributed by atoms with van der Waals surface area (Å²) in [6, 6.07) is 8.46. The fourth-order valence-corrected chi connectivity index (χ4v) is 1.69. The van der Waals surface area contributed by atoms with E-state index in [4.69, 9.17) is 0 Å². The first-order valence-electron chi connectivity index (χ1n) is 6.41. The van der Waals surface area contributed by atoms with Crippen LogP contribution >= 0.6 is 0 Å². The van der Waals surface area contributed by atoms with Crippen molar-refractivity contribution in [3.8, 4) is 0 Å².